The third-order valence-electron chi connectivity index (χ3n) is 5.28. The Morgan fingerprint density at radius 2 is 1.67 bits per heavy atom. The fraction of sp³-hybridized carbons (Fsp3) is 0.429. The molecule has 0 aliphatic carbocycles. The molecule has 1 aliphatic heterocycles. The van der Waals surface area contributed by atoms with Crippen LogP contribution in [0.1, 0.15) is 37.3 Å². The van der Waals surface area contributed by atoms with E-state index in [1.807, 2.05) is 12.1 Å². The highest BCUT2D eigenvalue weighted by atomic mass is 32.2. The maximum Gasteiger partial charge on any atom is 0.240 e. The lowest BCUT2D eigenvalue weighted by atomic mass is 9.74. The average molecular weight is 392 g/mol. The van der Waals surface area contributed by atoms with Crippen LogP contribution >= 0.6 is 0 Å². The van der Waals surface area contributed by atoms with Crippen molar-refractivity contribution < 1.29 is 17.5 Å². The smallest absolute Gasteiger partial charge is 0.240 e. The molecule has 0 aromatic heterocycles. The van der Waals surface area contributed by atoms with E-state index in [0.717, 1.165) is 24.0 Å². The first-order valence-corrected chi connectivity index (χ1v) is 10.9. The highest BCUT2D eigenvalue weighted by Crippen LogP contribution is 2.34. The second kappa shape index (κ2) is 8.50. The molecule has 0 saturated carbocycles. The molecule has 0 unspecified atom stereocenters. The maximum atomic E-state index is 13.3. The zero-order chi connectivity index (χ0) is 19.3. The van der Waals surface area contributed by atoms with Gasteiger partial charge >= 0.3 is 0 Å². The molecule has 1 saturated heterocycles. The topological polar surface area (TPSA) is 55.4 Å². The highest BCUT2D eigenvalue weighted by Gasteiger charge is 2.35. The zero-order valence-corrected chi connectivity index (χ0v) is 16.4. The van der Waals surface area contributed by atoms with Crippen molar-refractivity contribution in [2.75, 3.05) is 19.8 Å². The van der Waals surface area contributed by atoms with Crippen LogP contribution in [0.2, 0.25) is 0 Å². The van der Waals surface area contributed by atoms with Crippen molar-refractivity contribution in [1.82, 2.24) is 4.72 Å². The molecular formula is C21H26FNO3S. The minimum atomic E-state index is -3.61. The van der Waals surface area contributed by atoms with Crippen molar-refractivity contribution in [3.8, 4) is 0 Å². The summed E-state index contributed by atoms with van der Waals surface area (Å²) in [6, 6.07) is 13.4. The lowest BCUT2D eigenvalue weighted by Gasteiger charge is -2.37. The number of sulfonamides is 1. The van der Waals surface area contributed by atoms with E-state index in [1.165, 1.54) is 12.1 Å². The second-order valence-electron chi connectivity index (χ2n) is 7.12. The van der Waals surface area contributed by atoms with E-state index in [4.69, 9.17) is 4.74 Å². The number of rotatable bonds is 7. The molecule has 0 amide bonds. The van der Waals surface area contributed by atoms with Gasteiger partial charge in [0.1, 0.15) is 5.82 Å². The van der Waals surface area contributed by atoms with Crippen LogP contribution in [0, 0.1) is 5.82 Å². The number of aryl methyl sites for hydroxylation is 1. The zero-order valence-electron chi connectivity index (χ0n) is 15.6. The Kier molecular flexibility index (Phi) is 6.29. The lowest BCUT2D eigenvalue weighted by Crippen LogP contribution is -2.44. The first-order valence-electron chi connectivity index (χ1n) is 9.38. The van der Waals surface area contributed by atoms with Crippen molar-refractivity contribution in [2.24, 2.45) is 0 Å². The van der Waals surface area contributed by atoms with E-state index in [-0.39, 0.29) is 22.7 Å². The van der Waals surface area contributed by atoms with Crippen LogP contribution in [0.3, 0.4) is 0 Å². The van der Waals surface area contributed by atoms with Crippen LogP contribution in [-0.4, -0.2) is 28.2 Å². The van der Waals surface area contributed by atoms with Crippen LogP contribution < -0.4 is 4.72 Å². The van der Waals surface area contributed by atoms with Gasteiger partial charge in [-0.1, -0.05) is 37.6 Å². The number of benzene rings is 2. The maximum absolute atomic E-state index is 13.3. The standard InChI is InChI=1S/C21H26FNO3S/c1-2-3-17-4-10-20(11-5-17)27(24,25)23-16-21(12-14-26-15-13-21)18-6-8-19(22)9-7-18/h4-11,23H,2-3,12-16H2,1H3. The summed E-state index contributed by atoms with van der Waals surface area (Å²) in [4.78, 5) is 0.267. The van der Waals surface area contributed by atoms with Crippen LogP contribution in [-0.2, 0) is 26.6 Å². The van der Waals surface area contributed by atoms with Crippen LogP contribution in [0.15, 0.2) is 53.4 Å². The van der Waals surface area contributed by atoms with Gasteiger partial charge in [-0.2, -0.15) is 0 Å². The first-order chi connectivity index (χ1) is 13.0. The van der Waals surface area contributed by atoms with Gasteiger partial charge in [-0.3, -0.25) is 0 Å². The van der Waals surface area contributed by atoms with Gasteiger partial charge in [0.2, 0.25) is 10.0 Å². The summed E-state index contributed by atoms with van der Waals surface area (Å²) in [5.74, 6) is -0.297. The number of hydrogen-bond donors (Lipinski definition) is 1. The van der Waals surface area contributed by atoms with Gasteiger partial charge in [0, 0.05) is 25.2 Å². The molecular weight excluding hydrogens is 365 g/mol. The van der Waals surface area contributed by atoms with E-state index in [9.17, 15) is 12.8 Å². The Hall–Kier alpha value is -1.76. The molecule has 1 aliphatic rings. The van der Waals surface area contributed by atoms with Crippen molar-refractivity contribution in [1.29, 1.82) is 0 Å². The molecule has 0 atom stereocenters. The number of halogens is 1. The van der Waals surface area contributed by atoms with E-state index in [2.05, 4.69) is 11.6 Å². The monoisotopic (exact) mass is 391 g/mol. The fourth-order valence-corrected chi connectivity index (χ4v) is 4.70. The highest BCUT2D eigenvalue weighted by molar-refractivity contribution is 7.89. The molecule has 4 nitrogen and oxygen atoms in total. The molecule has 6 heteroatoms. The summed E-state index contributed by atoms with van der Waals surface area (Å²) in [6.07, 6.45) is 3.33. The van der Waals surface area contributed by atoms with Gasteiger partial charge in [-0.15, -0.1) is 0 Å². The van der Waals surface area contributed by atoms with Gasteiger partial charge in [0.25, 0.3) is 0 Å². The molecule has 0 spiro atoms. The minimum absolute atomic E-state index is 0.265. The predicted octanol–water partition coefficient (Wildman–Crippen LogP) is 3.80. The van der Waals surface area contributed by atoms with Crippen LogP contribution in [0.5, 0.6) is 0 Å². The molecule has 27 heavy (non-hydrogen) atoms. The average Bonchev–Trinajstić information content (AvgIpc) is 2.68. The second-order valence-corrected chi connectivity index (χ2v) is 8.89. The van der Waals surface area contributed by atoms with Crippen molar-refractivity contribution in [3.05, 3.63) is 65.5 Å². The molecule has 1 fully saturated rings. The third-order valence-corrected chi connectivity index (χ3v) is 6.70. The molecule has 2 aromatic carbocycles. The molecule has 1 N–H and O–H groups in total. The number of ether oxygens (including phenoxy) is 1. The summed E-state index contributed by atoms with van der Waals surface area (Å²) in [6.45, 7) is 3.48. The molecule has 1 heterocycles. The quantitative estimate of drug-likeness (QED) is 0.781. The molecule has 0 bridgehead atoms. The largest absolute Gasteiger partial charge is 0.381 e. The molecule has 0 radical (unpaired) electrons. The first kappa shape index (κ1) is 20.0. The Morgan fingerprint density at radius 1 is 1.04 bits per heavy atom. The summed E-state index contributed by atoms with van der Waals surface area (Å²) in [5.41, 5.74) is 1.68. The Balaban J connectivity index is 1.79. The third kappa shape index (κ3) is 4.75. The van der Waals surface area contributed by atoms with Gasteiger partial charge in [0.15, 0.2) is 0 Å². The van der Waals surface area contributed by atoms with Gasteiger partial charge in [0.05, 0.1) is 4.90 Å². The normalized spacial score (nSPS) is 17.0. The van der Waals surface area contributed by atoms with Crippen molar-refractivity contribution >= 4 is 10.0 Å². The van der Waals surface area contributed by atoms with E-state index in [1.54, 1.807) is 24.3 Å². The summed E-state index contributed by atoms with van der Waals surface area (Å²) in [7, 11) is -3.61. The van der Waals surface area contributed by atoms with Crippen molar-refractivity contribution in [3.63, 3.8) is 0 Å². The lowest BCUT2D eigenvalue weighted by molar-refractivity contribution is 0.0517. The number of nitrogens with one attached hydrogen (secondary N) is 1. The summed E-state index contributed by atoms with van der Waals surface area (Å²) >= 11 is 0. The van der Waals surface area contributed by atoms with Crippen LogP contribution in [0.4, 0.5) is 4.39 Å². The van der Waals surface area contributed by atoms with Gasteiger partial charge in [-0.25, -0.2) is 17.5 Å². The van der Waals surface area contributed by atoms with E-state index in [0.29, 0.717) is 26.1 Å². The predicted molar refractivity (Wildman–Crippen MR) is 104 cm³/mol. The minimum Gasteiger partial charge on any atom is -0.381 e. The SMILES string of the molecule is CCCc1ccc(S(=O)(=O)NCC2(c3ccc(F)cc3)CCOCC2)cc1. The Morgan fingerprint density at radius 3 is 2.26 bits per heavy atom. The fourth-order valence-electron chi connectivity index (χ4n) is 3.57. The van der Waals surface area contributed by atoms with Crippen LogP contribution in [0.25, 0.3) is 0 Å². The number of hydrogen-bond acceptors (Lipinski definition) is 3. The Labute approximate surface area is 160 Å². The summed E-state index contributed by atoms with van der Waals surface area (Å²) in [5, 5.41) is 0. The van der Waals surface area contributed by atoms with Gasteiger partial charge < -0.3 is 4.74 Å². The van der Waals surface area contributed by atoms with Crippen molar-refractivity contribution in [2.45, 2.75) is 42.9 Å². The summed E-state index contributed by atoms with van der Waals surface area (Å²) < 4.78 is 47.1. The van der Waals surface area contributed by atoms with E-state index >= 15 is 0 Å². The molecule has 3 rings (SSSR count). The molecule has 2 aromatic rings. The Bertz CT molecular complexity index is 842. The molecule has 146 valence electrons. The van der Waals surface area contributed by atoms with E-state index < -0.39 is 10.0 Å². The van der Waals surface area contributed by atoms with Gasteiger partial charge in [-0.05, 0) is 54.7 Å².